The minimum absolute atomic E-state index is 0.429. The average molecular weight is 713 g/mol. The van der Waals surface area contributed by atoms with Crippen molar-refractivity contribution in [2.45, 2.75) is 5.41 Å². The predicted octanol–water partition coefficient (Wildman–Crippen LogP) is 12.3. The van der Waals surface area contributed by atoms with Gasteiger partial charge in [0.05, 0.1) is 28.0 Å². The first kappa shape index (κ1) is 31.0. The fraction of sp³-hybridized carbons (Fsp3) is 0.0192. The quantitative estimate of drug-likeness (QED) is 0.182. The lowest BCUT2D eigenvalue weighted by atomic mass is 9.70. The molecule has 0 amide bonds. The van der Waals surface area contributed by atoms with E-state index in [9.17, 15) is 0 Å². The van der Waals surface area contributed by atoms with E-state index in [1.807, 2.05) is 12.1 Å². The van der Waals surface area contributed by atoms with Gasteiger partial charge >= 0.3 is 0 Å². The summed E-state index contributed by atoms with van der Waals surface area (Å²) in [5.41, 5.74) is 18.9. The van der Waals surface area contributed by atoms with E-state index in [1.54, 1.807) is 0 Å². The Balaban J connectivity index is 1.03. The van der Waals surface area contributed by atoms with Gasteiger partial charge in [-0.05, 0) is 68.8 Å². The molecule has 3 aromatic heterocycles. The Morgan fingerprint density at radius 3 is 1.64 bits per heavy atom. The maximum atomic E-state index is 5.40. The number of imidazole rings is 1. The van der Waals surface area contributed by atoms with Crippen molar-refractivity contribution >= 4 is 16.6 Å². The van der Waals surface area contributed by atoms with E-state index >= 15 is 0 Å². The molecule has 3 heterocycles. The number of para-hydroxylation sites is 1. The van der Waals surface area contributed by atoms with Gasteiger partial charge in [0, 0.05) is 33.8 Å². The van der Waals surface area contributed by atoms with E-state index in [2.05, 4.69) is 187 Å². The lowest BCUT2D eigenvalue weighted by molar-refractivity contribution is 0.794. The van der Waals surface area contributed by atoms with Crippen LogP contribution in [0.1, 0.15) is 22.3 Å². The van der Waals surface area contributed by atoms with Gasteiger partial charge in [-0.25, -0.2) is 15.0 Å². The van der Waals surface area contributed by atoms with Gasteiger partial charge in [0.1, 0.15) is 5.65 Å². The van der Waals surface area contributed by atoms with Gasteiger partial charge in [-0.2, -0.15) is 0 Å². The summed E-state index contributed by atoms with van der Waals surface area (Å²) in [5.74, 6) is 0.712. The van der Waals surface area contributed by atoms with Gasteiger partial charge in [0.2, 0.25) is 0 Å². The predicted molar refractivity (Wildman–Crippen MR) is 226 cm³/mol. The third-order valence-corrected chi connectivity index (χ3v) is 11.9. The zero-order chi connectivity index (χ0) is 36.8. The Bertz CT molecular complexity index is 3130. The average Bonchev–Trinajstić information content (AvgIpc) is 3.91. The Morgan fingerprint density at radius 1 is 0.375 bits per heavy atom. The molecule has 1 spiro atoms. The fourth-order valence-electron chi connectivity index (χ4n) is 9.51. The van der Waals surface area contributed by atoms with Crippen molar-refractivity contribution in [3.63, 3.8) is 0 Å². The molecule has 10 aromatic rings. The first-order valence-electron chi connectivity index (χ1n) is 19.1. The highest BCUT2D eigenvalue weighted by Crippen LogP contribution is 2.63. The van der Waals surface area contributed by atoms with Crippen LogP contribution < -0.4 is 0 Å². The van der Waals surface area contributed by atoms with Gasteiger partial charge < -0.3 is 0 Å². The number of fused-ring (bicyclic) bond motifs is 12. The largest absolute Gasteiger partial charge is 0.299 e. The smallest absolute Gasteiger partial charge is 0.160 e. The van der Waals surface area contributed by atoms with Crippen LogP contribution in [0.2, 0.25) is 0 Å². The monoisotopic (exact) mass is 712 g/mol. The number of hydrogen-bond donors (Lipinski definition) is 0. The normalized spacial score (nSPS) is 13.1. The van der Waals surface area contributed by atoms with Crippen molar-refractivity contribution < 1.29 is 0 Å². The third kappa shape index (κ3) is 4.27. The van der Waals surface area contributed by atoms with E-state index in [0.29, 0.717) is 5.82 Å². The zero-order valence-electron chi connectivity index (χ0n) is 30.3. The second kappa shape index (κ2) is 11.8. The lowest BCUT2D eigenvalue weighted by Gasteiger charge is -2.30. The summed E-state index contributed by atoms with van der Waals surface area (Å²) in [6.07, 6.45) is 2.09. The molecule has 4 nitrogen and oxygen atoms in total. The Labute approximate surface area is 324 Å². The van der Waals surface area contributed by atoms with Crippen LogP contribution in [0.25, 0.3) is 84.0 Å². The minimum atomic E-state index is -0.429. The number of hydrogen-bond acceptors (Lipinski definition) is 3. The van der Waals surface area contributed by atoms with E-state index in [0.717, 1.165) is 55.9 Å². The molecule has 4 heteroatoms. The van der Waals surface area contributed by atoms with E-state index in [-0.39, 0.29) is 0 Å². The highest BCUT2D eigenvalue weighted by Gasteiger charge is 2.51. The van der Waals surface area contributed by atoms with Crippen molar-refractivity contribution in [2.24, 2.45) is 0 Å². The molecule has 0 unspecified atom stereocenters. The Morgan fingerprint density at radius 2 is 0.929 bits per heavy atom. The van der Waals surface area contributed by atoms with Crippen LogP contribution in [0.3, 0.4) is 0 Å². The fourth-order valence-corrected chi connectivity index (χ4v) is 9.51. The summed E-state index contributed by atoms with van der Waals surface area (Å²) in [4.78, 5) is 15.7. The maximum absolute atomic E-state index is 5.40. The standard InChI is InChI=1S/C52H32N4/c1-2-14-33(15-3-1)49-50(56-31-13-12-24-47(56)54-49)35-27-25-34(26-28-35)48-41-19-7-11-23-46(41)53-51(55-48)36-29-30-40-39-18-6-10-22-44(39)52(45(40)32-36)42-20-8-4-16-37(42)38-17-5-9-21-43(38)52/h1-32H. The van der Waals surface area contributed by atoms with E-state index in [1.165, 1.54) is 44.5 Å². The molecule has 0 atom stereocenters. The first-order valence-corrected chi connectivity index (χ1v) is 19.1. The number of rotatable bonds is 4. The van der Waals surface area contributed by atoms with Crippen LogP contribution in [-0.2, 0) is 5.41 Å². The van der Waals surface area contributed by atoms with Gasteiger partial charge in [-0.1, -0.05) is 164 Å². The Hall–Kier alpha value is -7.43. The Kier molecular flexibility index (Phi) is 6.52. The van der Waals surface area contributed by atoms with Crippen molar-refractivity contribution in [3.8, 4) is 67.4 Å². The number of pyridine rings is 1. The van der Waals surface area contributed by atoms with Crippen molar-refractivity contribution in [1.82, 2.24) is 19.4 Å². The first-order chi connectivity index (χ1) is 27.8. The van der Waals surface area contributed by atoms with E-state index in [4.69, 9.17) is 15.0 Å². The molecule has 0 N–H and O–H groups in total. The number of benzene rings is 7. The molecule has 2 aliphatic carbocycles. The second-order valence-corrected chi connectivity index (χ2v) is 14.7. The van der Waals surface area contributed by atoms with Crippen LogP contribution in [0.4, 0.5) is 0 Å². The summed E-state index contributed by atoms with van der Waals surface area (Å²) in [6, 6.07) is 67.3. The van der Waals surface area contributed by atoms with Crippen molar-refractivity contribution in [2.75, 3.05) is 0 Å². The molecule has 0 saturated heterocycles. The SMILES string of the molecule is c1ccc(-c2nc3ccccn3c2-c2ccc(-c3nc(-c4ccc5c(c4)C4(c6ccccc6-c6ccccc64)c4ccccc4-5)nc4ccccc34)cc2)cc1. The summed E-state index contributed by atoms with van der Waals surface area (Å²) in [5, 5.41) is 1.02. The number of nitrogens with zero attached hydrogens (tertiary/aromatic N) is 4. The van der Waals surface area contributed by atoms with Gasteiger partial charge in [-0.15, -0.1) is 0 Å². The van der Waals surface area contributed by atoms with Crippen LogP contribution in [-0.4, -0.2) is 19.4 Å². The summed E-state index contributed by atoms with van der Waals surface area (Å²) < 4.78 is 2.18. The second-order valence-electron chi connectivity index (χ2n) is 14.7. The molecule has 0 bridgehead atoms. The molecule has 0 saturated carbocycles. The molecule has 12 rings (SSSR count). The molecular formula is C52H32N4. The maximum Gasteiger partial charge on any atom is 0.160 e. The van der Waals surface area contributed by atoms with Crippen LogP contribution >= 0.6 is 0 Å². The van der Waals surface area contributed by atoms with Gasteiger partial charge in [0.25, 0.3) is 0 Å². The van der Waals surface area contributed by atoms with E-state index < -0.39 is 5.41 Å². The number of aromatic nitrogens is 4. The molecule has 56 heavy (non-hydrogen) atoms. The molecule has 0 fully saturated rings. The van der Waals surface area contributed by atoms with Gasteiger partial charge in [0.15, 0.2) is 5.82 Å². The summed E-state index contributed by atoms with van der Waals surface area (Å²) in [6.45, 7) is 0. The highest BCUT2D eigenvalue weighted by atomic mass is 15.0. The summed E-state index contributed by atoms with van der Waals surface area (Å²) in [7, 11) is 0. The molecule has 0 aliphatic heterocycles. The molecule has 0 radical (unpaired) electrons. The summed E-state index contributed by atoms with van der Waals surface area (Å²) >= 11 is 0. The van der Waals surface area contributed by atoms with Gasteiger partial charge in [-0.3, -0.25) is 4.40 Å². The lowest BCUT2D eigenvalue weighted by Crippen LogP contribution is -2.25. The molecule has 7 aromatic carbocycles. The van der Waals surface area contributed by atoms with Crippen molar-refractivity contribution in [1.29, 1.82) is 0 Å². The highest BCUT2D eigenvalue weighted by molar-refractivity contribution is 5.97. The zero-order valence-corrected chi connectivity index (χ0v) is 30.3. The van der Waals surface area contributed by atoms with Crippen LogP contribution in [0, 0.1) is 0 Å². The third-order valence-electron chi connectivity index (χ3n) is 11.9. The molecular weight excluding hydrogens is 681 g/mol. The topological polar surface area (TPSA) is 43.1 Å². The molecule has 260 valence electrons. The van der Waals surface area contributed by atoms with Crippen molar-refractivity contribution in [3.05, 3.63) is 217 Å². The van der Waals surface area contributed by atoms with Crippen LogP contribution in [0.5, 0.6) is 0 Å². The molecule has 2 aliphatic rings. The van der Waals surface area contributed by atoms with Crippen LogP contribution in [0.15, 0.2) is 194 Å². The minimum Gasteiger partial charge on any atom is -0.299 e.